The minimum absolute atomic E-state index is 0.740. The molecule has 1 saturated carbocycles. The van der Waals surface area contributed by atoms with Crippen molar-refractivity contribution in [3.05, 3.63) is 0 Å². The Kier molecular flexibility index (Phi) is 5.86. The predicted molar refractivity (Wildman–Crippen MR) is 73.7 cm³/mol. The summed E-state index contributed by atoms with van der Waals surface area (Å²) in [6, 6.07) is 0. The lowest BCUT2D eigenvalue weighted by Crippen LogP contribution is -2.47. The van der Waals surface area contributed by atoms with Gasteiger partial charge in [-0.15, -0.1) is 0 Å². The maximum atomic E-state index is 2.50. The molecule has 3 atom stereocenters. The maximum absolute atomic E-state index is 2.50. The molecule has 0 heterocycles. The van der Waals surface area contributed by atoms with Gasteiger partial charge in [-0.25, -0.2) is 0 Å². The van der Waals surface area contributed by atoms with E-state index >= 15 is 0 Å². The normalized spacial score (nSPS) is 33.8. The standard InChI is InChI=1S/C16H32/c1-5-8-10-11-15-13-14(4)16(15,7-3)12-9-6-2/h14-15H,5-13H2,1-4H3. The van der Waals surface area contributed by atoms with Gasteiger partial charge in [0.15, 0.2) is 0 Å². The van der Waals surface area contributed by atoms with Crippen molar-refractivity contribution in [2.24, 2.45) is 17.3 Å². The number of hydrogen-bond donors (Lipinski definition) is 0. The molecule has 0 aromatic rings. The van der Waals surface area contributed by atoms with Gasteiger partial charge in [0.2, 0.25) is 0 Å². The molecule has 0 bridgehead atoms. The van der Waals surface area contributed by atoms with Crippen molar-refractivity contribution in [2.75, 3.05) is 0 Å². The molecule has 0 aromatic heterocycles. The van der Waals surface area contributed by atoms with Gasteiger partial charge in [0, 0.05) is 0 Å². The van der Waals surface area contributed by atoms with Gasteiger partial charge in [0.05, 0.1) is 0 Å². The Morgan fingerprint density at radius 2 is 1.69 bits per heavy atom. The van der Waals surface area contributed by atoms with E-state index in [0.717, 1.165) is 17.3 Å². The first-order valence-corrected chi connectivity index (χ1v) is 7.71. The molecule has 0 spiro atoms. The highest BCUT2D eigenvalue weighted by molar-refractivity contribution is 4.99. The number of unbranched alkanes of at least 4 members (excludes halogenated alkanes) is 3. The van der Waals surface area contributed by atoms with Gasteiger partial charge in [0.25, 0.3) is 0 Å². The van der Waals surface area contributed by atoms with Crippen LogP contribution in [0.1, 0.15) is 85.5 Å². The lowest BCUT2D eigenvalue weighted by atomic mass is 9.49. The Labute approximate surface area is 103 Å². The second kappa shape index (κ2) is 6.67. The molecule has 1 aliphatic rings. The van der Waals surface area contributed by atoms with Crippen LogP contribution in [0.5, 0.6) is 0 Å². The minimum Gasteiger partial charge on any atom is -0.0654 e. The van der Waals surface area contributed by atoms with Gasteiger partial charge in [-0.05, 0) is 42.9 Å². The highest BCUT2D eigenvalue weighted by Gasteiger charge is 2.49. The highest BCUT2D eigenvalue weighted by atomic mass is 14.5. The third-order valence-electron chi connectivity index (χ3n) is 5.24. The molecule has 0 aliphatic heterocycles. The molecule has 0 nitrogen and oxygen atoms in total. The van der Waals surface area contributed by atoms with E-state index in [4.69, 9.17) is 0 Å². The summed E-state index contributed by atoms with van der Waals surface area (Å²) in [6.45, 7) is 9.57. The fourth-order valence-electron chi connectivity index (χ4n) is 3.95. The van der Waals surface area contributed by atoms with Crippen LogP contribution in [0.3, 0.4) is 0 Å². The van der Waals surface area contributed by atoms with Crippen LogP contribution in [0.25, 0.3) is 0 Å². The number of hydrogen-bond acceptors (Lipinski definition) is 0. The van der Waals surface area contributed by atoms with Crippen LogP contribution in [-0.4, -0.2) is 0 Å². The molecule has 96 valence electrons. The third kappa shape index (κ3) is 2.81. The Hall–Kier alpha value is 0. The molecule has 16 heavy (non-hydrogen) atoms. The van der Waals surface area contributed by atoms with E-state index in [2.05, 4.69) is 27.7 Å². The summed E-state index contributed by atoms with van der Waals surface area (Å²) in [6.07, 6.45) is 13.1. The smallest absolute Gasteiger partial charge is 0.0246 e. The van der Waals surface area contributed by atoms with Crippen LogP contribution in [0.15, 0.2) is 0 Å². The molecule has 3 unspecified atom stereocenters. The van der Waals surface area contributed by atoms with Crippen LogP contribution < -0.4 is 0 Å². The highest BCUT2D eigenvalue weighted by Crippen LogP contribution is 2.58. The lowest BCUT2D eigenvalue weighted by Gasteiger charge is -2.56. The molecule has 1 rings (SSSR count). The minimum atomic E-state index is 0.740. The average Bonchev–Trinajstić information content (AvgIpc) is 2.29. The van der Waals surface area contributed by atoms with Crippen molar-refractivity contribution >= 4 is 0 Å². The van der Waals surface area contributed by atoms with E-state index in [-0.39, 0.29) is 0 Å². The summed E-state index contributed by atoms with van der Waals surface area (Å²) in [4.78, 5) is 0. The van der Waals surface area contributed by atoms with Gasteiger partial charge in [-0.3, -0.25) is 0 Å². The van der Waals surface area contributed by atoms with Gasteiger partial charge < -0.3 is 0 Å². The first-order valence-electron chi connectivity index (χ1n) is 7.71. The molecule has 0 amide bonds. The van der Waals surface area contributed by atoms with Crippen molar-refractivity contribution in [2.45, 2.75) is 85.5 Å². The van der Waals surface area contributed by atoms with Gasteiger partial charge >= 0.3 is 0 Å². The van der Waals surface area contributed by atoms with Crippen molar-refractivity contribution in [3.8, 4) is 0 Å². The first-order chi connectivity index (χ1) is 7.71. The summed E-state index contributed by atoms with van der Waals surface area (Å²) in [5.41, 5.74) is 0.740. The van der Waals surface area contributed by atoms with E-state index < -0.39 is 0 Å². The van der Waals surface area contributed by atoms with Gasteiger partial charge in [-0.1, -0.05) is 59.8 Å². The van der Waals surface area contributed by atoms with E-state index in [1.807, 2.05) is 0 Å². The van der Waals surface area contributed by atoms with Crippen molar-refractivity contribution in [1.29, 1.82) is 0 Å². The summed E-state index contributed by atoms with van der Waals surface area (Å²) in [5, 5.41) is 0. The third-order valence-corrected chi connectivity index (χ3v) is 5.24. The van der Waals surface area contributed by atoms with Crippen LogP contribution in [0.4, 0.5) is 0 Å². The molecule has 0 radical (unpaired) electrons. The largest absolute Gasteiger partial charge is 0.0654 e. The Balaban J connectivity index is 2.44. The van der Waals surface area contributed by atoms with Gasteiger partial charge in [0.1, 0.15) is 0 Å². The molecule has 0 heteroatoms. The molecular formula is C16H32. The van der Waals surface area contributed by atoms with Crippen LogP contribution >= 0.6 is 0 Å². The Morgan fingerprint density at radius 1 is 1.00 bits per heavy atom. The van der Waals surface area contributed by atoms with Crippen LogP contribution in [-0.2, 0) is 0 Å². The van der Waals surface area contributed by atoms with Crippen LogP contribution in [0, 0.1) is 17.3 Å². The van der Waals surface area contributed by atoms with Crippen molar-refractivity contribution < 1.29 is 0 Å². The summed E-state index contributed by atoms with van der Waals surface area (Å²) >= 11 is 0. The maximum Gasteiger partial charge on any atom is -0.0246 e. The molecule has 1 aliphatic carbocycles. The fraction of sp³-hybridized carbons (Fsp3) is 1.00. The quantitative estimate of drug-likeness (QED) is 0.456. The summed E-state index contributed by atoms with van der Waals surface area (Å²) in [7, 11) is 0. The fourth-order valence-corrected chi connectivity index (χ4v) is 3.95. The van der Waals surface area contributed by atoms with E-state index in [1.165, 1.54) is 57.8 Å². The topological polar surface area (TPSA) is 0 Å². The second-order valence-electron chi connectivity index (χ2n) is 6.02. The summed E-state index contributed by atoms with van der Waals surface area (Å²) < 4.78 is 0. The monoisotopic (exact) mass is 224 g/mol. The Bertz CT molecular complexity index is 184. The number of rotatable bonds is 8. The average molecular weight is 224 g/mol. The van der Waals surface area contributed by atoms with E-state index in [0.29, 0.717) is 0 Å². The molecule has 1 fully saturated rings. The lowest BCUT2D eigenvalue weighted by molar-refractivity contribution is -0.0623. The van der Waals surface area contributed by atoms with Crippen molar-refractivity contribution in [3.63, 3.8) is 0 Å². The van der Waals surface area contributed by atoms with E-state index in [1.54, 1.807) is 0 Å². The molecular weight excluding hydrogens is 192 g/mol. The predicted octanol–water partition coefficient (Wildman–Crippen LogP) is 5.81. The van der Waals surface area contributed by atoms with Crippen molar-refractivity contribution in [1.82, 2.24) is 0 Å². The first kappa shape index (κ1) is 14.1. The van der Waals surface area contributed by atoms with Gasteiger partial charge in [-0.2, -0.15) is 0 Å². The summed E-state index contributed by atoms with van der Waals surface area (Å²) in [5.74, 6) is 2.06. The molecule has 0 N–H and O–H groups in total. The second-order valence-corrected chi connectivity index (χ2v) is 6.02. The zero-order valence-electron chi connectivity index (χ0n) is 12.0. The molecule has 0 aromatic carbocycles. The molecule has 0 saturated heterocycles. The van der Waals surface area contributed by atoms with E-state index in [9.17, 15) is 0 Å². The SMILES string of the molecule is CCCCCC1CC(C)C1(CC)CCCC. The Morgan fingerprint density at radius 3 is 2.19 bits per heavy atom. The van der Waals surface area contributed by atoms with Crippen LogP contribution in [0.2, 0.25) is 0 Å². The zero-order valence-corrected chi connectivity index (χ0v) is 12.0. The zero-order chi connectivity index (χ0) is 12.0.